The summed E-state index contributed by atoms with van der Waals surface area (Å²) < 4.78 is 61.5. The fraction of sp³-hybridized carbons (Fsp3) is 0.136. The van der Waals surface area contributed by atoms with Crippen LogP contribution in [0.25, 0.3) is 22.3 Å². The van der Waals surface area contributed by atoms with Gasteiger partial charge in [0.15, 0.2) is 0 Å². The van der Waals surface area contributed by atoms with Crippen molar-refractivity contribution >= 4 is 0 Å². The number of methoxy groups -OCH3 is 1. The number of rotatable bonds is 3. The van der Waals surface area contributed by atoms with Crippen LogP contribution in [0.2, 0.25) is 0 Å². The summed E-state index contributed by atoms with van der Waals surface area (Å²) in [5.74, 6) is -3.71. The molecule has 3 aromatic carbocycles. The molecule has 2 nitrogen and oxygen atoms in total. The highest BCUT2D eigenvalue weighted by Gasteiger charge is 2.18. The van der Waals surface area contributed by atoms with Crippen LogP contribution in [-0.4, -0.2) is 7.11 Å². The molecule has 144 valence electrons. The van der Waals surface area contributed by atoms with Gasteiger partial charge in [-0.15, -0.1) is 0 Å². The molecule has 0 aliphatic heterocycles. The first kappa shape index (κ1) is 21.0. The number of nitrogens with zero attached hydrogens (tertiary/aromatic N) is 1. The summed E-state index contributed by atoms with van der Waals surface area (Å²) in [7, 11) is 1.50. The second-order valence-electron chi connectivity index (χ2n) is 5.47. The van der Waals surface area contributed by atoms with Crippen LogP contribution in [0.4, 0.5) is 17.6 Å². The maximum absolute atomic E-state index is 14.5. The van der Waals surface area contributed by atoms with Gasteiger partial charge in [-0.1, -0.05) is 26.0 Å². The molecule has 0 fully saturated rings. The normalized spacial score (nSPS) is 9.93. The molecule has 0 amide bonds. The molecule has 3 rings (SSSR count). The number of hydrogen-bond donors (Lipinski definition) is 0. The lowest BCUT2D eigenvalue weighted by Gasteiger charge is -2.10. The second-order valence-corrected chi connectivity index (χ2v) is 5.47. The third-order valence-electron chi connectivity index (χ3n) is 3.91. The lowest BCUT2D eigenvalue weighted by molar-refractivity contribution is 0.415. The predicted molar refractivity (Wildman–Crippen MR) is 99.8 cm³/mol. The fourth-order valence-corrected chi connectivity index (χ4v) is 2.62. The van der Waals surface area contributed by atoms with Gasteiger partial charge in [0, 0.05) is 0 Å². The molecule has 0 N–H and O–H groups in total. The van der Waals surface area contributed by atoms with Crippen LogP contribution in [0, 0.1) is 34.6 Å². The fourth-order valence-electron chi connectivity index (χ4n) is 2.62. The monoisotopic (exact) mass is 387 g/mol. The zero-order valence-corrected chi connectivity index (χ0v) is 15.5. The minimum Gasteiger partial charge on any atom is -0.497 e. The second kappa shape index (κ2) is 9.05. The van der Waals surface area contributed by atoms with Crippen molar-refractivity contribution in [2.45, 2.75) is 13.8 Å². The van der Waals surface area contributed by atoms with Crippen molar-refractivity contribution in [3.05, 3.63) is 77.4 Å². The Morgan fingerprint density at radius 2 is 1.18 bits per heavy atom. The molecule has 3 aromatic rings. The van der Waals surface area contributed by atoms with E-state index in [4.69, 9.17) is 10.00 Å². The van der Waals surface area contributed by atoms with Crippen LogP contribution in [0.1, 0.15) is 19.4 Å². The molecule has 0 unspecified atom stereocenters. The largest absolute Gasteiger partial charge is 0.497 e. The standard InChI is InChI=1S/C20H11F4NO.C2H6/c1-26-14-4-2-11(3-5-14)12-6-18(23)20(19(24)7-12)13-8-16(21)15(10-25)17(22)9-13;1-2/h2-9H,1H3;1-2H3. The Balaban J connectivity index is 0.00000136. The van der Waals surface area contributed by atoms with Gasteiger partial charge >= 0.3 is 0 Å². The van der Waals surface area contributed by atoms with Crippen molar-refractivity contribution in [3.63, 3.8) is 0 Å². The van der Waals surface area contributed by atoms with Crippen LogP contribution < -0.4 is 4.74 Å². The summed E-state index contributed by atoms with van der Waals surface area (Å²) in [6.45, 7) is 4.00. The zero-order valence-electron chi connectivity index (χ0n) is 15.5. The highest BCUT2D eigenvalue weighted by molar-refractivity contribution is 5.72. The van der Waals surface area contributed by atoms with Crippen molar-refractivity contribution in [3.8, 4) is 34.1 Å². The number of halogens is 4. The Kier molecular flexibility index (Phi) is 6.78. The Labute approximate surface area is 160 Å². The van der Waals surface area contributed by atoms with Crippen LogP contribution in [-0.2, 0) is 0 Å². The summed E-state index contributed by atoms with van der Waals surface area (Å²) >= 11 is 0. The van der Waals surface area contributed by atoms with Gasteiger partial charge < -0.3 is 4.74 Å². The zero-order chi connectivity index (χ0) is 20.8. The summed E-state index contributed by atoms with van der Waals surface area (Å²) in [6.07, 6.45) is 0. The van der Waals surface area contributed by atoms with Gasteiger partial charge in [0.2, 0.25) is 0 Å². The Morgan fingerprint density at radius 3 is 1.61 bits per heavy atom. The van der Waals surface area contributed by atoms with Crippen molar-refractivity contribution in [2.24, 2.45) is 0 Å². The average molecular weight is 387 g/mol. The summed E-state index contributed by atoms with van der Waals surface area (Å²) in [6, 6.07) is 11.5. The van der Waals surface area contributed by atoms with Crippen LogP contribution in [0.5, 0.6) is 5.75 Å². The molecule has 0 spiro atoms. The van der Waals surface area contributed by atoms with E-state index in [0.29, 0.717) is 11.3 Å². The highest BCUT2D eigenvalue weighted by atomic mass is 19.1. The van der Waals surface area contributed by atoms with E-state index in [9.17, 15) is 17.6 Å². The van der Waals surface area contributed by atoms with Crippen LogP contribution in [0.15, 0.2) is 48.5 Å². The van der Waals surface area contributed by atoms with Gasteiger partial charge in [-0.3, -0.25) is 0 Å². The van der Waals surface area contributed by atoms with E-state index in [2.05, 4.69) is 0 Å². The molecule has 0 heterocycles. The Hall–Kier alpha value is -3.33. The van der Waals surface area contributed by atoms with E-state index >= 15 is 0 Å². The molecular weight excluding hydrogens is 370 g/mol. The number of nitriles is 1. The van der Waals surface area contributed by atoms with Crippen LogP contribution in [0.3, 0.4) is 0 Å². The van der Waals surface area contributed by atoms with Gasteiger partial charge in [-0.2, -0.15) is 5.26 Å². The lowest BCUT2D eigenvalue weighted by atomic mass is 9.97. The third kappa shape index (κ3) is 4.15. The molecule has 0 aliphatic rings. The predicted octanol–water partition coefficient (Wildman–Crippen LogP) is 6.48. The molecule has 0 aromatic heterocycles. The minimum absolute atomic E-state index is 0.265. The van der Waals surface area contributed by atoms with E-state index < -0.39 is 34.4 Å². The molecule has 0 saturated carbocycles. The number of ether oxygens (including phenoxy) is 1. The quantitative estimate of drug-likeness (QED) is 0.482. The highest BCUT2D eigenvalue weighted by Crippen LogP contribution is 2.33. The van der Waals surface area contributed by atoms with E-state index in [1.54, 1.807) is 24.3 Å². The van der Waals surface area contributed by atoms with Crippen molar-refractivity contribution < 1.29 is 22.3 Å². The first-order chi connectivity index (χ1) is 13.4. The third-order valence-corrected chi connectivity index (χ3v) is 3.91. The number of benzene rings is 3. The van der Waals surface area contributed by atoms with Crippen LogP contribution >= 0.6 is 0 Å². The molecule has 6 heteroatoms. The lowest BCUT2D eigenvalue weighted by Crippen LogP contribution is -1.97. The summed E-state index contributed by atoms with van der Waals surface area (Å²) in [5.41, 5.74) is -0.877. The SMILES string of the molecule is CC.COc1ccc(-c2cc(F)c(-c3cc(F)c(C#N)c(F)c3)c(F)c2)cc1. The first-order valence-electron chi connectivity index (χ1n) is 8.47. The maximum atomic E-state index is 14.5. The van der Waals surface area contributed by atoms with Gasteiger partial charge in [-0.25, -0.2) is 17.6 Å². The van der Waals surface area contributed by atoms with Gasteiger partial charge in [-0.05, 0) is 53.1 Å². The number of hydrogen-bond acceptors (Lipinski definition) is 2. The molecule has 0 bridgehead atoms. The maximum Gasteiger partial charge on any atom is 0.144 e. The molecule has 28 heavy (non-hydrogen) atoms. The van der Waals surface area contributed by atoms with E-state index in [1.165, 1.54) is 13.2 Å². The van der Waals surface area contributed by atoms with E-state index in [1.807, 2.05) is 13.8 Å². The van der Waals surface area contributed by atoms with Gasteiger partial charge in [0.1, 0.15) is 40.7 Å². The van der Waals surface area contributed by atoms with E-state index in [-0.39, 0.29) is 11.1 Å². The minimum atomic E-state index is -1.18. The van der Waals surface area contributed by atoms with Crippen molar-refractivity contribution in [2.75, 3.05) is 7.11 Å². The Morgan fingerprint density at radius 1 is 0.714 bits per heavy atom. The average Bonchev–Trinajstić information content (AvgIpc) is 2.69. The molecule has 0 saturated heterocycles. The molecule has 0 radical (unpaired) electrons. The van der Waals surface area contributed by atoms with E-state index in [0.717, 1.165) is 24.3 Å². The van der Waals surface area contributed by atoms with Gasteiger partial charge in [0.05, 0.1) is 12.7 Å². The van der Waals surface area contributed by atoms with Crippen molar-refractivity contribution in [1.82, 2.24) is 0 Å². The molecule has 0 aliphatic carbocycles. The Bertz CT molecular complexity index is 978. The topological polar surface area (TPSA) is 33.0 Å². The summed E-state index contributed by atoms with van der Waals surface area (Å²) in [5, 5.41) is 8.68. The summed E-state index contributed by atoms with van der Waals surface area (Å²) in [4.78, 5) is 0. The molecular formula is C22H17F4NO. The van der Waals surface area contributed by atoms with Crippen molar-refractivity contribution in [1.29, 1.82) is 5.26 Å². The van der Waals surface area contributed by atoms with Gasteiger partial charge in [0.25, 0.3) is 0 Å². The smallest absolute Gasteiger partial charge is 0.144 e. The first-order valence-corrected chi connectivity index (χ1v) is 8.47. The molecule has 0 atom stereocenters.